The number of carbonyl (C=O) groups excluding carboxylic acids is 1. The average Bonchev–Trinajstić information content (AvgIpc) is 2.54. The minimum absolute atomic E-state index is 0.00160. The van der Waals surface area contributed by atoms with E-state index in [0.717, 1.165) is 0 Å². The molecule has 0 fully saturated rings. The first-order valence-electron chi connectivity index (χ1n) is 6.51. The highest BCUT2D eigenvalue weighted by atomic mass is 35.5. The lowest BCUT2D eigenvalue weighted by atomic mass is 10.3. The third-order valence-corrected chi connectivity index (χ3v) is 3.17. The number of hydrogen-bond donors (Lipinski definition) is 1. The minimum Gasteiger partial charge on any atom is -0.493 e. The number of nitrogens with zero attached hydrogens (tertiary/aromatic N) is 1. The normalized spacial score (nSPS) is 10.0. The molecule has 0 aliphatic heterocycles. The maximum atomic E-state index is 11.9. The molecular formula is C15H13ClN2O5. The van der Waals surface area contributed by atoms with Crippen LogP contribution in [0.5, 0.6) is 11.5 Å². The first kappa shape index (κ1) is 16.6. The molecule has 0 saturated heterocycles. The lowest BCUT2D eigenvalue weighted by molar-refractivity contribution is -0.384. The van der Waals surface area contributed by atoms with E-state index in [1.54, 1.807) is 24.3 Å². The number of halogens is 1. The van der Waals surface area contributed by atoms with Gasteiger partial charge in [-0.3, -0.25) is 14.9 Å². The fraction of sp³-hybridized carbons (Fsp3) is 0.133. The third kappa shape index (κ3) is 4.33. The van der Waals surface area contributed by atoms with Gasteiger partial charge in [0.15, 0.2) is 18.1 Å². The van der Waals surface area contributed by atoms with Crippen molar-refractivity contribution in [1.29, 1.82) is 0 Å². The van der Waals surface area contributed by atoms with Crippen molar-refractivity contribution in [2.75, 3.05) is 19.0 Å². The molecule has 1 amide bonds. The van der Waals surface area contributed by atoms with Crippen LogP contribution in [0.3, 0.4) is 0 Å². The van der Waals surface area contributed by atoms with Crippen LogP contribution in [0.25, 0.3) is 0 Å². The number of amides is 1. The van der Waals surface area contributed by atoms with Crippen molar-refractivity contribution in [2.45, 2.75) is 0 Å². The van der Waals surface area contributed by atoms with Gasteiger partial charge < -0.3 is 14.8 Å². The number of nitro groups is 1. The minimum atomic E-state index is -0.622. The van der Waals surface area contributed by atoms with Crippen LogP contribution in [0.1, 0.15) is 0 Å². The molecule has 23 heavy (non-hydrogen) atoms. The van der Waals surface area contributed by atoms with Crippen LogP contribution in [-0.2, 0) is 4.79 Å². The molecule has 7 nitrogen and oxygen atoms in total. The zero-order valence-corrected chi connectivity index (χ0v) is 12.9. The first-order chi connectivity index (χ1) is 11.0. The van der Waals surface area contributed by atoms with Crippen LogP contribution in [0.15, 0.2) is 42.5 Å². The van der Waals surface area contributed by atoms with Gasteiger partial charge >= 0.3 is 0 Å². The van der Waals surface area contributed by atoms with Gasteiger partial charge in [0.1, 0.15) is 5.02 Å². The maximum Gasteiger partial charge on any atom is 0.289 e. The predicted molar refractivity (Wildman–Crippen MR) is 85.2 cm³/mol. The summed E-state index contributed by atoms with van der Waals surface area (Å²) in [5.74, 6) is 0.460. The SMILES string of the molecule is COc1ccccc1OCC(=O)Nc1ccc(Cl)c([N+](=O)[O-])c1. The summed E-state index contributed by atoms with van der Waals surface area (Å²) in [7, 11) is 1.50. The second kappa shape index (κ2) is 7.46. The van der Waals surface area contributed by atoms with Gasteiger partial charge in [0, 0.05) is 11.8 Å². The molecule has 2 aromatic rings. The number of ether oxygens (including phenoxy) is 2. The Hall–Kier alpha value is -2.80. The summed E-state index contributed by atoms with van der Waals surface area (Å²) in [6.07, 6.45) is 0. The highest BCUT2D eigenvalue weighted by molar-refractivity contribution is 6.32. The fourth-order valence-electron chi connectivity index (χ4n) is 1.81. The smallest absolute Gasteiger partial charge is 0.289 e. The highest BCUT2D eigenvalue weighted by Gasteiger charge is 2.14. The van der Waals surface area contributed by atoms with E-state index in [0.29, 0.717) is 11.5 Å². The second-order valence-corrected chi connectivity index (χ2v) is 4.82. The molecule has 2 rings (SSSR count). The number of carbonyl (C=O) groups is 1. The van der Waals surface area contributed by atoms with Crippen LogP contribution in [0, 0.1) is 10.1 Å². The number of nitrogens with one attached hydrogen (secondary N) is 1. The number of benzene rings is 2. The van der Waals surface area contributed by atoms with Crippen LogP contribution in [0.2, 0.25) is 5.02 Å². The number of hydrogen-bond acceptors (Lipinski definition) is 5. The van der Waals surface area contributed by atoms with Crippen molar-refractivity contribution < 1.29 is 19.2 Å². The molecule has 0 unspecified atom stereocenters. The Morgan fingerprint density at radius 2 is 1.96 bits per heavy atom. The van der Waals surface area contributed by atoms with Crippen molar-refractivity contribution >= 4 is 28.9 Å². The second-order valence-electron chi connectivity index (χ2n) is 4.41. The molecular weight excluding hydrogens is 324 g/mol. The Kier molecular flexibility index (Phi) is 5.37. The van der Waals surface area contributed by atoms with Gasteiger partial charge in [0.2, 0.25) is 0 Å². The Morgan fingerprint density at radius 3 is 2.61 bits per heavy atom. The van der Waals surface area contributed by atoms with E-state index in [4.69, 9.17) is 21.1 Å². The topological polar surface area (TPSA) is 90.7 Å². The lowest BCUT2D eigenvalue weighted by Crippen LogP contribution is -2.20. The summed E-state index contributed by atoms with van der Waals surface area (Å²) in [5, 5.41) is 13.3. The molecule has 2 aromatic carbocycles. The number of para-hydroxylation sites is 2. The van der Waals surface area contributed by atoms with Crippen molar-refractivity contribution in [1.82, 2.24) is 0 Å². The van der Waals surface area contributed by atoms with E-state index in [1.807, 2.05) is 0 Å². The van der Waals surface area contributed by atoms with Crippen molar-refractivity contribution in [3.8, 4) is 11.5 Å². The van der Waals surface area contributed by atoms with E-state index in [1.165, 1.54) is 25.3 Å². The summed E-state index contributed by atoms with van der Waals surface area (Å²) >= 11 is 5.71. The summed E-state index contributed by atoms with van der Waals surface area (Å²) in [5.41, 5.74) is -0.0233. The molecule has 0 saturated carbocycles. The number of nitro benzene ring substituents is 1. The molecule has 1 N–H and O–H groups in total. The van der Waals surface area contributed by atoms with Crippen molar-refractivity contribution in [3.05, 3.63) is 57.6 Å². The van der Waals surface area contributed by atoms with E-state index in [2.05, 4.69) is 5.32 Å². The van der Waals surface area contributed by atoms with Crippen LogP contribution < -0.4 is 14.8 Å². The summed E-state index contributed by atoms with van der Waals surface area (Å²) in [4.78, 5) is 22.1. The van der Waals surface area contributed by atoms with Gasteiger partial charge in [-0.2, -0.15) is 0 Å². The van der Waals surface area contributed by atoms with E-state index in [9.17, 15) is 14.9 Å². The molecule has 0 radical (unpaired) electrons. The molecule has 0 aliphatic rings. The molecule has 0 spiro atoms. The molecule has 0 aromatic heterocycles. The van der Waals surface area contributed by atoms with Gasteiger partial charge in [-0.25, -0.2) is 0 Å². The van der Waals surface area contributed by atoms with E-state index < -0.39 is 10.8 Å². The first-order valence-corrected chi connectivity index (χ1v) is 6.88. The highest BCUT2D eigenvalue weighted by Crippen LogP contribution is 2.28. The lowest BCUT2D eigenvalue weighted by Gasteiger charge is -2.10. The molecule has 0 aliphatic carbocycles. The Labute approximate surface area is 136 Å². The molecule has 0 atom stereocenters. The summed E-state index contributed by atoms with van der Waals surface area (Å²) < 4.78 is 10.5. The summed E-state index contributed by atoms with van der Waals surface area (Å²) in [6, 6.07) is 10.9. The van der Waals surface area contributed by atoms with Crippen molar-refractivity contribution in [3.63, 3.8) is 0 Å². The number of rotatable bonds is 6. The standard InChI is InChI=1S/C15H13ClN2O5/c1-22-13-4-2-3-5-14(13)23-9-15(19)17-10-6-7-11(16)12(8-10)18(20)21/h2-8H,9H2,1H3,(H,17,19). The zero-order valence-electron chi connectivity index (χ0n) is 12.1. The van der Waals surface area contributed by atoms with Gasteiger partial charge in [0.25, 0.3) is 11.6 Å². The quantitative estimate of drug-likeness (QED) is 0.645. The monoisotopic (exact) mass is 336 g/mol. The van der Waals surface area contributed by atoms with E-state index >= 15 is 0 Å². The molecule has 120 valence electrons. The van der Waals surface area contributed by atoms with Gasteiger partial charge in [0.05, 0.1) is 12.0 Å². The molecule has 8 heteroatoms. The van der Waals surface area contributed by atoms with Gasteiger partial charge in [-0.1, -0.05) is 23.7 Å². The van der Waals surface area contributed by atoms with Crippen molar-refractivity contribution in [2.24, 2.45) is 0 Å². The van der Waals surface area contributed by atoms with Crippen LogP contribution in [0.4, 0.5) is 11.4 Å². The molecule has 0 heterocycles. The maximum absolute atomic E-state index is 11.9. The zero-order chi connectivity index (χ0) is 16.8. The molecule has 0 bridgehead atoms. The fourth-order valence-corrected chi connectivity index (χ4v) is 2.00. The average molecular weight is 337 g/mol. The van der Waals surface area contributed by atoms with Crippen LogP contribution in [-0.4, -0.2) is 24.5 Å². The largest absolute Gasteiger partial charge is 0.493 e. The van der Waals surface area contributed by atoms with Crippen LogP contribution >= 0.6 is 11.6 Å². The Balaban J connectivity index is 2.00. The van der Waals surface area contributed by atoms with Gasteiger partial charge in [-0.15, -0.1) is 0 Å². The number of anilines is 1. The summed E-state index contributed by atoms with van der Waals surface area (Å²) in [6.45, 7) is -0.267. The number of methoxy groups -OCH3 is 1. The predicted octanol–water partition coefficient (Wildman–Crippen LogP) is 3.27. The Morgan fingerprint density at radius 1 is 1.26 bits per heavy atom. The van der Waals surface area contributed by atoms with Gasteiger partial charge in [-0.05, 0) is 24.3 Å². The Bertz CT molecular complexity index is 736. The third-order valence-electron chi connectivity index (χ3n) is 2.85. The van der Waals surface area contributed by atoms with E-state index in [-0.39, 0.29) is 23.0 Å².